The zero-order chi connectivity index (χ0) is 23.4. The highest BCUT2D eigenvalue weighted by atomic mass is 16.3. The summed E-state index contributed by atoms with van der Waals surface area (Å²) in [6.07, 6.45) is 0.907. The van der Waals surface area contributed by atoms with Gasteiger partial charge in [0.05, 0.1) is 17.1 Å². The molecule has 33 heavy (non-hydrogen) atoms. The largest absolute Gasteiger partial charge is 0.369 e. The van der Waals surface area contributed by atoms with E-state index in [0.29, 0.717) is 29.1 Å². The van der Waals surface area contributed by atoms with Gasteiger partial charge in [0, 0.05) is 23.2 Å². The fraction of sp³-hybridized carbons (Fsp3) is 0.259. The van der Waals surface area contributed by atoms with Gasteiger partial charge in [-0.3, -0.25) is 0 Å². The molecule has 1 aromatic heterocycles. The zero-order valence-corrected chi connectivity index (χ0v) is 19.1. The minimum atomic E-state index is -1.49. The number of aliphatic hydroxyl groups is 1. The van der Waals surface area contributed by atoms with E-state index in [1.54, 1.807) is 0 Å². The Kier molecular flexibility index (Phi) is 4.88. The molecular formula is C27H28N4O2. The van der Waals surface area contributed by atoms with Crippen molar-refractivity contribution in [3.8, 4) is 0 Å². The van der Waals surface area contributed by atoms with Crippen LogP contribution in [0.15, 0.2) is 72.8 Å². The number of anilines is 1. The summed E-state index contributed by atoms with van der Waals surface area (Å²) in [4.78, 5) is 18.7. The smallest absolute Gasteiger partial charge is 0.201 e. The lowest BCUT2D eigenvalue weighted by molar-refractivity contribution is -0.126. The third-order valence-electron chi connectivity index (χ3n) is 6.48. The van der Waals surface area contributed by atoms with Crippen LogP contribution < -0.4 is 5.73 Å². The molecule has 0 radical (unpaired) electrons. The number of fused-ring (bicyclic) bond motifs is 2. The molecule has 0 amide bonds. The number of nitrogen functional groups attached to an aromatic ring is 1. The Balaban J connectivity index is 1.71. The van der Waals surface area contributed by atoms with Crippen molar-refractivity contribution in [1.82, 2.24) is 14.5 Å². The number of carbonyl (C=O) groups is 1. The number of hydrogen-bond donors (Lipinski definition) is 2. The number of imidazole rings is 1. The molecule has 4 aromatic rings. The predicted molar refractivity (Wildman–Crippen MR) is 129 cm³/mol. The highest BCUT2D eigenvalue weighted by molar-refractivity contribution is 5.80. The molecule has 1 aliphatic heterocycles. The fourth-order valence-electron chi connectivity index (χ4n) is 5.08. The summed E-state index contributed by atoms with van der Waals surface area (Å²) in [7, 11) is 0. The van der Waals surface area contributed by atoms with Crippen molar-refractivity contribution < 1.29 is 9.90 Å². The molecule has 0 bridgehead atoms. The summed E-state index contributed by atoms with van der Waals surface area (Å²) < 4.78 is 1.99. The molecule has 0 saturated carbocycles. The number of aldehydes is 1. The Labute approximate surface area is 193 Å². The van der Waals surface area contributed by atoms with Crippen molar-refractivity contribution >= 4 is 23.3 Å². The fourth-order valence-corrected chi connectivity index (χ4v) is 5.08. The second-order valence-corrected chi connectivity index (χ2v) is 9.63. The van der Waals surface area contributed by atoms with Gasteiger partial charge in [-0.25, -0.2) is 9.88 Å². The van der Waals surface area contributed by atoms with Gasteiger partial charge < -0.3 is 20.2 Å². The summed E-state index contributed by atoms with van der Waals surface area (Å²) >= 11 is 0. The van der Waals surface area contributed by atoms with Crippen molar-refractivity contribution in [3.05, 3.63) is 95.1 Å². The molecule has 0 spiro atoms. The lowest BCUT2D eigenvalue weighted by Gasteiger charge is -2.36. The Bertz CT molecular complexity index is 1340. The lowest BCUT2D eigenvalue weighted by Crippen LogP contribution is -2.43. The van der Waals surface area contributed by atoms with Crippen molar-refractivity contribution in [2.24, 2.45) is 0 Å². The van der Waals surface area contributed by atoms with E-state index in [2.05, 4.69) is 25.8 Å². The highest BCUT2D eigenvalue weighted by Gasteiger charge is 2.50. The van der Waals surface area contributed by atoms with E-state index in [4.69, 9.17) is 5.73 Å². The van der Waals surface area contributed by atoms with Gasteiger partial charge >= 0.3 is 0 Å². The molecule has 3 N–H and O–H groups in total. The van der Waals surface area contributed by atoms with Gasteiger partial charge in [-0.1, -0.05) is 60.7 Å². The molecule has 2 atom stereocenters. The second-order valence-electron chi connectivity index (χ2n) is 9.63. The van der Waals surface area contributed by atoms with Crippen LogP contribution >= 0.6 is 0 Å². The van der Waals surface area contributed by atoms with E-state index in [-0.39, 0.29) is 5.54 Å². The average Bonchev–Trinajstić information content (AvgIpc) is 3.26. The summed E-state index contributed by atoms with van der Waals surface area (Å²) in [6.45, 7) is 6.65. The van der Waals surface area contributed by atoms with Gasteiger partial charge in [-0.05, 0) is 44.0 Å². The molecule has 168 valence electrons. The number of carbonyl (C=O) groups excluding carboxylic acids is 1. The van der Waals surface area contributed by atoms with Gasteiger partial charge in [0.2, 0.25) is 5.95 Å². The van der Waals surface area contributed by atoms with Crippen LogP contribution in [0.5, 0.6) is 0 Å². The van der Waals surface area contributed by atoms with Crippen LogP contribution in [0.1, 0.15) is 49.1 Å². The maximum Gasteiger partial charge on any atom is 0.201 e. The SMILES string of the molecule is CC(C)(C)n1c(N)nc2cc(C3(O)c4ccccc4C(C=O)N3Cc3ccccc3)ccc21. The minimum Gasteiger partial charge on any atom is -0.369 e. The first-order valence-electron chi connectivity index (χ1n) is 11.1. The number of nitrogens with two attached hydrogens (primary N) is 1. The molecule has 5 rings (SSSR count). The zero-order valence-electron chi connectivity index (χ0n) is 19.1. The third-order valence-corrected chi connectivity index (χ3v) is 6.48. The topological polar surface area (TPSA) is 84.4 Å². The summed E-state index contributed by atoms with van der Waals surface area (Å²) in [6, 6.07) is 22.6. The van der Waals surface area contributed by atoms with Crippen molar-refractivity contribution in [3.63, 3.8) is 0 Å². The quantitative estimate of drug-likeness (QED) is 0.462. The molecule has 2 unspecified atom stereocenters. The first kappa shape index (κ1) is 21.4. The first-order valence-corrected chi connectivity index (χ1v) is 11.1. The van der Waals surface area contributed by atoms with Crippen LogP contribution in [-0.4, -0.2) is 25.8 Å². The Hall–Kier alpha value is -3.48. The highest BCUT2D eigenvalue weighted by Crippen LogP contribution is 2.49. The van der Waals surface area contributed by atoms with Crippen LogP contribution in [0.4, 0.5) is 5.95 Å². The number of nitrogens with zero attached hydrogens (tertiary/aromatic N) is 3. The number of aromatic nitrogens is 2. The Morgan fingerprint density at radius 2 is 1.76 bits per heavy atom. The van der Waals surface area contributed by atoms with E-state index in [1.165, 1.54) is 0 Å². The van der Waals surface area contributed by atoms with E-state index in [0.717, 1.165) is 22.9 Å². The van der Waals surface area contributed by atoms with Crippen molar-refractivity contribution in [2.45, 2.75) is 44.6 Å². The first-order chi connectivity index (χ1) is 15.7. The van der Waals surface area contributed by atoms with Crippen LogP contribution in [0, 0.1) is 0 Å². The van der Waals surface area contributed by atoms with Crippen LogP contribution in [0.2, 0.25) is 0 Å². The van der Waals surface area contributed by atoms with Crippen molar-refractivity contribution in [2.75, 3.05) is 5.73 Å². The standard InChI is InChI=1S/C27H28N4O2/c1-26(2,3)31-23-14-13-19(15-22(23)29-25(31)28)27(33)21-12-8-7-11-20(21)24(17-32)30(27)16-18-9-5-4-6-10-18/h4-15,17,24,33H,16H2,1-3H3,(H2,28,29). The van der Waals surface area contributed by atoms with Crippen LogP contribution in [-0.2, 0) is 22.6 Å². The maximum absolute atomic E-state index is 12.3. The van der Waals surface area contributed by atoms with Crippen LogP contribution in [0.3, 0.4) is 0 Å². The molecule has 6 nitrogen and oxygen atoms in total. The number of hydrogen-bond acceptors (Lipinski definition) is 5. The van der Waals surface area contributed by atoms with Crippen molar-refractivity contribution in [1.29, 1.82) is 0 Å². The van der Waals surface area contributed by atoms with Crippen LogP contribution in [0.25, 0.3) is 11.0 Å². The van der Waals surface area contributed by atoms with Gasteiger partial charge in [-0.2, -0.15) is 0 Å². The monoisotopic (exact) mass is 440 g/mol. The number of rotatable bonds is 4. The summed E-state index contributed by atoms with van der Waals surface area (Å²) in [5.74, 6) is 0.431. The summed E-state index contributed by atoms with van der Waals surface area (Å²) in [5, 5.41) is 12.3. The van der Waals surface area contributed by atoms with Gasteiger partial charge in [0.15, 0.2) is 5.72 Å². The Morgan fingerprint density at radius 3 is 2.45 bits per heavy atom. The molecule has 1 aliphatic rings. The number of benzene rings is 3. The van der Waals surface area contributed by atoms with E-state index in [9.17, 15) is 9.90 Å². The maximum atomic E-state index is 12.3. The third kappa shape index (κ3) is 3.25. The Morgan fingerprint density at radius 1 is 1.06 bits per heavy atom. The van der Waals surface area contributed by atoms with E-state index < -0.39 is 11.8 Å². The molecule has 2 heterocycles. The molecule has 0 aliphatic carbocycles. The molecule has 6 heteroatoms. The molecule has 3 aromatic carbocycles. The van der Waals surface area contributed by atoms with E-state index in [1.807, 2.05) is 82.3 Å². The van der Waals surface area contributed by atoms with Gasteiger partial charge in [-0.15, -0.1) is 0 Å². The van der Waals surface area contributed by atoms with E-state index >= 15 is 0 Å². The predicted octanol–water partition coefficient (Wildman–Crippen LogP) is 4.32. The molecule has 0 fully saturated rings. The van der Waals surface area contributed by atoms with Gasteiger partial charge in [0.25, 0.3) is 0 Å². The lowest BCUT2D eigenvalue weighted by atomic mass is 9.93. The summed E-state index contributed by atoms with van der Waals surface area (Å²) in [5.41, 5.74) is 9.32. The molecule has 0 saturated heterocycles. The minimum absolute atomic E-state index is 0.237. The normalized spacial score (nSPS) is 20.8. The average molecular weight is 441 g/mol. The van der Waals surface area contributed by atoms with Gasteiger partial charge in [0.1, 0.15) is 6.29 Å². The second kappa shape index (κ2) is 7.54. The molecular weight excluding hydrogens is 412 g/mol.